The summed E-state index contributed by atoms with van der Waals surface area (Å²) in [6, 6.07) is 6.25. The van der Waals surface area contributed by atoms with Gasteiger partial charge >= 0.3 is 6.03 Å². The van der Waals surface area contributed by atoms with Gasteiger partial charge in [0, 0.05) is 13.1 Å². The normalized spacial score (nSPS) is 23.7. The number of methoxy groups -OCH3 is 1. The monoisotopic (exact) mass is 445 g/mol. The third-order valence-electron chi connectivity index (χ3n) is 6.13. The number of primary amides is 1. The van der Waals surface area contributed by atoms with E-state index in [-0.39, 0.29) is 18.4 Å². The van der Waals surface area contributed by atoms with E-state index in [4.69, 9.17) is 10.5 Å². The second-order valence-corrected chi connectivity index (χ2v) is 8.42. The number of carbonyl (C=O) groups excluding carboxylic acids is 4. The molecule has 0 aromatic heterocycles. The van der Waals surface area contributed by atoms with Crippen molar-refractivity contribution in [2.24, 2.45) is 11.7 Å². The Morgan fingerprint density at radius 1 is 1.28 bits per heavy atom. The smallest absolute Gasteiger partial charge is 0.325 e. The zero-order chi connectivity index (χ0) is 23.3. The van der Waals surface area contributed by atoms with Crippen LogP contribution in [-0.4, -0.2) is 73.4 Å². The molecular formula is C22H31N5O5. The Morgan fingerprint density at radius 2 is 2.00 bits per heavy atom. The van der Waals surface area contributed by atoms with Crippen LogP contribution in [0.4, 0.5) is 4.79 Å². The molecule has 0 aliphatic carbocycles. The first kappa shape index (κ1) is 23.5. The van der Waals surface area contributed by atoms with Gasteiger partial charge in [0.05, 0.1) is 13.0 Å². The number of carbonyl (C=O) groups is 4. The number of nitrogens with zero attached hydrogens (tertiary/aromatic N) is 2. The van der Waals surface area contributed by atoms with Gasteiger partial charge in [-0.2, -0.15) is 0 Å². The number of rotatable bonds is 9. The molecule has 174 valence electrons. The number of nitrogens with two attached hydrogens (primary N) is 1. The van der Waals surface area contributed by atoms with Gasteiger partial charge in [-0.3, -0.25) is 19.3 Å². The van der Waals surface area contributed by atoms with E-state index < -0.39 is 23.4 Å². The molecule has 0 bridgehead atoms. The molecule has 1 aromatic rings. The minimum Gasteiger partial charge on any atom is -0.497 e. The van der Waals surface area contributed by atoms with E-state index in [0.29, 0.717) is 30.8 Å². The van der Waals surface area contributed by atoms with Crippen molar-refractivity contribution in [2.45, 2.75) is 31.7 Å². The molecule has 10 heteroatoms. The third-order valence-corrected chi connectivity index (χ3v) is 6.13. The number of likely N-dealkylation sites (tertiary alicyclic amines) is 1. The topological polar surface area (TPSA) is 134 Å². The number of amides is 5. The first-order valence-electron chi connectivity index (χ1n) is 10.8. The molecule has 0 saturated carbocycles. The second-order valence-electron chi connectivity index (χ2n) is 8.42. The summed E-state index contributed by atoms with van der Waals surface area (Å²) in [5, 5.41) is 5.44. The Morgan fingerprint density at radius 3 is 2.66 bits per heavy atom. The minimum absolute atomic E-state index is 0.113. The van der Waals surface area contributed by atoms with Crippen LogP contribution >= 0.6 is 0 Å². The van der Waals surface area contributed by atoms with Crippen LogP contribution in [0.1, 0.15) is 31.7 Å². The summed E-state index contributed by atoms with van der Waals surface area (Å²) in [6.45, 7) is 3.98. The zero-order valence-corrected chi connectivity index (χ0v) is 18.6. The fourth-order valence-corrected chi connectivity index (χ4v) is 4.18. The molecule has 2 atom stereocenters. The van der Waals surface area contributed by atoms with Crippen molar-refractivity contribution in [3.05, 3.63) is 29.8 Å². The maximum Gasteiger partial charge on any atom is 0.325 e. The van der Waals surface area contributed by atoms with Crippen molar-refractivity contribution in [1.29, 1.82) is 0 Å². The standard InChI is InChI=1S/C22H31N5O5/c1-22(16-6-8-17(32-2)9-7-16)20(30)27(21(31)25-22)14-18(28)24-10-4-12-26-11-3-5-15(13-26)19(23)29/h6-9,15H,3-5,10-14H2,1-2H3,(H2,23,29)(H,24,28)(H,25,31). The lowest BCUT2D eigenvalue weighted by molar-refractivity contribution is -0.134. The number of benzene rings is 1. The number of imide groups is 1. The third kappa shape index (κ3) is 5.18. The van der Waals surface area contributed by atoms with Gasteiger partial charge in [-0.25, -0.2) is 4.79 Å². The molecular weight excluding hydrogens is 414 g/mol. The Kier molecular flexibility index (Phi) is 7.34. The van der Waals surface area contributed by atoms with E-state index in [0.717, 1.165) is 30.8 Å². The van der Waals surface area contributed by atoms with Gasteiger partial charge in [-0.1, -0.05) is 12.1 Å². The molecule has 0 spiro atoms. The summed E-state index contributed by atoms with van der Waals surface area (Å²) < 4.78 is 5.13. The lowest BCUT2D eigenvalue weighted by Gasteiger charge is -2.31. The number of ether oxygens (including phenoxy) is 1. The highest BCUT2D eigenvalue weighted by molar-refractivity contribution is 6.09. The van der Waals surface area contributed by atoms with Crippen LogP contribution in [0.2, 0.25) is 0 Å². The van der Waals surface area contributed by atoms with Gasteiger partial charge in [0.25, 0.3) is 5.91 Å². The highest BCUT2D eigenvalue weighted by Crippen LogP contribution is 2.29. The van der Waals surface area contributed by atoms with E-state index in [1.54, 1.807) is 38.3 Å². The SMILES string of the molecule is COc1ccc(C2(C)NC(=O)N(CC(=O)NCCCN3CCCC(C(N)=O)C3)C2=O)cc1. The molecule has 2 aliphatic rings. The first-order chi connectivity index (χ1) is 15.2. The van der Waals surface area contributed by atoms with Crippen LogP contribution in [0, 0.1) is 5.92 Å². The predicted octanol–water partition coefficient (Wildman–Crippen LogP) is 0.166. The summed E-state index contributed by atoms with van der Waals surface area (Å²) in [6.07, 6.45) is 2.45. The summed E-state index contributed by atoms with van der Waals surface area (Å²) in [7, 11) is 1.55. The number of urea groups is 1. The number of hydrogen-bond donors (Lipinski definition) is 3. The van der Waals surface area contributed by atoms with Gasteiger partial charge < -0.3 is 26.0 Å². The van der Waals surface area contributed by atoms with Crippen molar-refractivity contribution in [1.82, 2.24) is 20.4 Å². The maximum atomic E-state index is 12.9. The molecule has 32 heavy (non-hydrogen) atoms. The van der Waals surface area contributed by atoms with Gasteiger partial charge in [0.15, 0.2) is 0 Å². The van der Waals surface area contributed by atoms with Crippen LogP contribution in [0.3, 0.4) is 0 Å². The van der Waals surface area contributed by atoms with E-state index in [1.165, 1.54) is 0 Å². The molecule has 2 heterocycles. The molecule has 0 radical (unpaired) electrons. The molecule has 2 unspecified atom stereocenters. The Bertz CT molecular complexity index is 874. The van der Waals surface area contributed by atoms with Crippen molar-refractivity contribution in [2.75, 3.05) is 39.8 Å². The van der Waals surface area contributed by atoms with Crippen molar-refractivity contribution >= 4 is 23.8 Å². The molecule has 2 saturated heterocycles. The summed E-state index contributed by atoms with van der Waals surface area (Å²) in [5.41, 5.74) is 4.77. The number of piperidine rings is 1. The highest BCUT2D eigenvalue weighted by atomic mass is 16.5. The van der Waals surface area contributed by atoms with Crippen LogP contribution in [0.5, 0.6) is 5.75 Å². The van der Waals surface area contributed by atoms with Gasteiger partial charge in [0.1, 0.15) is 17.8 Å². The molecule has 2 aliphatic heterocycles. The van der Waals surface area contributed by atoms with Crippen molar-refractivity contribution in [3.63, 3.8) is 0 Å². The predicted molar refractivity (Wildman–Crippen MR) is 117 cm³/mol. The molecule has 5 amide bonds. The first-order valence-corrected chi connectivity index (χ1v) is 10.8. The molecule has 4 N–H and O–H groups in total. The summed E-state index contributed by atoms with van der Waals surface area (Å²) >= 11 is 0. The fourth-order valence-electron chi connectivity index (χ4n) is 4.18. The van der Waals surface area contributed by atoms with Crippen LogP contribution in [0.15, 0.2) is 24.3 Å². The lowest BCUT2D eigenvalue weighted by atomic mass is 9.92. The van der Waals surface area contributed by atoms with Crippen molar-refractivity contribution < 1.29 is 23.9 Å². The van der Waals surface area contributed by atoms with E-state index in [9.17, 15) is 19.2 Å². The Labute approximate surface area is 187 Å². The molecule has 3 rings (SSSR count). The summed E-state index contributed by atoms with van der Waals surface area (Å²) in [4.78, 5) is 52.1. The van der Waals surface area contributed by atoms with E-state index >= 15 is 0 Å². The number of hydrogen-bond acceptors (Lipinski definition) is 6. The number of nitrogens with one attached hydrogen (secondary N) is 2. The van der Waals surface area contributed by atoms with E-state index in [2.05, 4.69) is 15.5 Å². The Hall–Kier alpha value is -3.14. The average molecular weight is 446 g/mol. The van der Waals surface area contributed by atoms with Crippen molar-refractivity contribution in [3.8, 4) is 5.75 Å². The zero-order valence-electron chi connectivity index (χ0n) is 18.6. The molecule has 1 aromatic carbocycles. The quantitative estimate of drug-likeness (QED) is 0.366. The highest BCUT2D eigenvalue weighted by Gasteiger charge is 2.49. The van der Waals surface area contributed by atoms with Crippen LogP contribution in [0.25, 0.3) is 0 Å². The molecule has 10 nitrogen and oxygen atoms in total. The summed E-state index contributed by atoms with van der Waals surface area (Å²) in [5.74, 6) is -0.619. The van der Waals surface area contributed by atoms with Crippen LogP contribution < -0.4 is 21.1 Å². The minimum atomic E-state index is -1.24. The average Bonchev–Trinajstić information content (AvgIpc) is 3.00. The van der Waals surface area contributed by atoms with Gasteiger partial charge in [-0.05, 0) is 57.0 Å². The lowest BCUT2D eigenvalue weighted by Crippen LogP contribution is -2.44. The van der Waals surface area contributed by atoms with Crippen LogP contribution in [-0.2, 0) is 19.9 Å². The second kappa shape index (κ2) is 9.99. The van der Waals surface area contributed by atoms with E-state index in [1.807, 2.05) is 0 Å². The largest absolute Gasteiger partial charge is 0.497 e. The Balaban J connectivity index is 1.47. The molecule has 2 fully saturated rings. The van der Waals surface area contributed by atoms with Gasteiger partial charge in [-0.15, -0.1) is 0 Å². The maximum absolute atomic E-state index is 12.9. The van der Waals surface area contributed by atoms with Gasteiger partial charge in [0.2, 0.25) is 11.8 Å². The fraction of sp³-hybridized carbons (Fsp3) is 0.545.